The second-order valence-corrected chi connectivity index (χ2v) is 6.26. The molecule has 0 unspecified atom stereocenters. The van der Waals surface area contributed by atoms with Gasteiger partial charge in [-0.3, -0.25) is 9.58 Å². The zero-order valence-corrected chi connectivity index (χ0v) is 11.2. The Morgan fingerprint density at radius 1 is 1.33 bits per heavy atom. The molecule has 8 heteroatoms. The average Bonchev–Trinajstić information content (AvgIpc) is 2.78. The minimum Gasteiger partial charge on any atom is -0.395 e. The van der Waals surface area contributed by atoms with Crippen molar-refractivity contribution >= 4 is 10.0 Å². The van der Waals surface area contributed by atoms with Gasteiger partial charge in [-0.25, -0.2) is 8.42 Å². The zero-order valence-electron chi connectivity index (χ0n) is 10.4. The molecule has 0 radical (unpaired) electrons. The van der Waals surface area contributed by atoms with Crippen molar-refractivity contribution in [1.82, 2.24) is 19.0 Å². The Morgan fingerprint density at radius 2 is 2.00 bits per heavy atom. The van der Waals surface area contributed by atoms with Crippen LogP contribution >= 0.6 is 0 Å². The van der Waals surface area contributed by atoms with Crippen LogP contribution in [0.1, 0.15) is 0 Å². The maximum absolute atomic E-state index is 12.3. The van der Waals surface area contributed by atoms with Crippen LogP contribution in [0.15, 0.2) is 17.3 Å². The van der Waals surface area contributed by atoms with E-state index in [2.05, 4.69) is 10.00 Å². The van der Waals surface area contributed by atoms with E-state index in [0.29, 0.717) is 32.7 Å². The van der Waals surface area contributed by atoms with Crippen molar-refractivity contribution in [3.63, 3.8) is 0 Å². The fraction of sp³-hybridized carbons (Fsp3) is 0.700. The lowest BCUT2D eigenvalue weighted by Gasteiger charge is -2.33. The van der Waals surface area contributed by atoms with E-state index in [4.69, 9.17) is 5.11 Å². The molecule has 0 bridgehead atoms. The summed E-state index contributed by atoms with van der Waals surface area (Å²) in [4.78, 5) is 2.29. The third kappa shape index (κ3) is 2.72. The van der Waals surface area contributed by atoms with Gasteiger partial charge in [0.1, 0.15) is 4.90 Å². The summed E-state index contributed by atoms with van der Waals surface area (Å²) in [6.45, 7) is 2.92. The Hall–Kier alpha value is -0.960. The van der Waals surface area contributed by atoms with Gasteiger partial charge < -0.3 is 5.11 Å². The van der Waals surface area contributed by atoms with Gasteiger partial charge in [0.05, 0.1) is 12.8 Å². The smallest absolute Gasteiger partial charge is 0.246 e. The number of sulfonamides is 1. The van der Waals surface area contributed by atoms with E-state index in [1.807, 2.05) is 0 Å². The highest BCUT2D eigenvalue weighted by Gasteiger charge is 2.29. The van der Waals surface area contributed by atoms with Crippen LogP contribution in [0.4, 0.5) is 0 Å². The lowest BCUT2D eigenvalue weighted by molar-refractivity contribution is 0.151. The lowest BCUT2D eigenvalue weighted by atomic mass is 10.4. The van der Waals surface area contributed by atoms with E-state index < -0.39 is 10.0 Å². The van der Waals surface area contributed by atoms with Crippen LogP contribution in [0.3, 0.4) is 0 Å². The van der Waals surface area contributed by atoms with Crippen LogP contribution in [0.5, 0.6) is 0 Å². The van der Waals surface area contributed by atoms with Crippen LogP contribution in [0, 0.1) is 0 Å². The first-order valence-corrected chi connectivity index (χ1v) is 7.30. The molecule has 0 amide bonds. The molecule has 1 aromatic heterocycles. The summed E-state index contributed by atoms with van der Waals surface area (Å²) in [6.07, 6.45) is 2.88. The summed E-state index contributed by atoms with van der Waals surface area (Å²) < 4.78 is 27.5. The summed E-state index contributed by atoms with van der Waals surface area (Å²) in [5.41, 5.74) is 0. The molecule has 1 saturated heterocycles. The minimum absolute atomic E-state index is 0.107. The molecule has 0 aromatic carbocycles. The molecule has 1 aliphatic heterocycles. The standard InChI is InChI=1S/C10H18N4O3S/c1-12-9-10(8-11-12)18(16,17)14-4-2-13(3-5-14)6-7-15/h8-9,15H,2-7H2,1H3. The van der Waals surface area contributed by atoms with E-state index in [1.54, 1.807) is 7.05 Å². The number of nitrogens with zero attached hydrogens (tertiary/aromatic N) is 4. The van der Waals surface area contributed by atoms with E-state index in [1.165, 1.54) is 21.4 Å². The number of hydrogen-bond donors (Lipinski definition) is 1. The van der Waals surface area contributed by atoms with Gasteiger partial charge in [-0.15, -0.1) is 0 Å². The van der Waals surface area contributed by atoms with Crippen molar-refractivity contribution in [3.8, 4) is 0 Å². The number of aliphatic hydroxyl groups is 1. The van der Waals surface area contributed by atoms with Gasteiger partial charge in [0.2, 0.25) is 10.0 Å². The molecule has 0 saturated carbocycles. The quantitative estimate of drug-likeness (QED) is 0.740. The molecule has 2 heterocycles. The highest BCUT2D eigenvalue weighted by atomic mass is 32.2. The van der Waals surface area contributed by atoms with Gasteiger partial charge in [-0.2, -0.15) is 9.40 Å². The summed E-state index contributed by atoms with van der Waals surface area (Å²) in [6, 6.07) is 0. The third-order valence-electron chi connectivity index (χ3n) is 3.07. The van der Waals surface area contributed by atoms with Crippen molar-refractivity contribution in [2.75, 3.05) is 39.3 Å². The third-order valence-corrected chi connectivity index (χ3v) is 4.92. The number of β-amino-alcohol motifs (C(OH)–C–C–N with tert-alkyl or cyclic N) is 1. The Balaban J connectivity index is 2.05. The molecule has 1 aliphatic rings. The van der Waals surface area contributed by atoms with Gasteiger partial charge in [-0.1, -0.05) is 0 Å². The Morgan fingerprint density at radius 3 is 2.50 bits per heavy atom. The van der Waals surface area contributed by atoms with Crippen molar-refractivity contribution in [2.24, 2.45) is 7.05 Å². The van der Waals surface area contributed by atoms with E-state index in [-0.39, 0.29) is 11.5 Å². The van der Waals surface area contributed by atoms with E-state index in [0.717, 1.165) is 0 Å². The fourth-order valence-electron chi connectivity index (χ4n) is 2.02. The van der Waals surface area contributed by atoms with Gasteiger partial charge in [0.25, 0.3) is 0 Å². The first-order chi connectivity index (χ1) is 8.54. The summed E-state index contributed by atoms with van der Waals surface area (Å²) in [5.74, 6) is 0. The number of hydrogen-bond acceptors (Lipinski definition) is 5. The van der Waals surface area contributed by atoms with Crippen LogP contribution in [0.2, 0.25) is 0 Å². The number of aliphatic hydroxyl groups excluding tert-OH is 1. The second kappa shape index (κ2) is 5.35. The molecule has 18 heavy (non-hydrogen) atoms. The Kier molecular flexibility index (Phi) is 4.00. The largest absolute Gasteiger partial charge is 0.395 e. The monoisotopic (exact) mass is 274 g/mol. The Bertz CT molecular complexity index is 491. The molecular weight excluding hydrogens is 256 g/mol. The van der Waals surface area contributed by atoms with Gasteiger partial charge in [0.15, 0.2) is 0 Å². The van der Waals surface area contributed by atoms with Gasteiger partial charge in [0, 0.05) is 46.0 Å². The van der Waals surface area contributed by atoms with Crippen LogP contribution in [-0.4, -0.2) is 71.8 Å². The van der Waals surface area contributed by atoms with Crippen molar-refractivity contribution in [2.45, 2.75) is 4.90 Å². The molecule has 7 nitrogen and oxygen atoms in total. The molecule has 1 N–H and O–H groups in total. The summed E-state index contributed by atoms with van der Waals surface area (Å²) in [7, 11) is -1.73. The fourth-order valence-corrected chi connectivity index (χ4v) is 3.42. The molecule has 0 aliphatic carbocycles. The number of piperazine rings is 1. The van der Waals surface area contributed by atoms with E-state index >= 15 is 0 Å². The zero-order chi connectivity index (χ0) is 13.2. The molecule has 1 aromatic rings. The predicted octanol–water partition coefficient (Wildman–Crippen LogP) is -1.28. The minimum atomic E-state index is -3.42. The van der Waals surface area contributed by atoms with Crippen LogP contribution < -0.4 is 0 Å². The summed E-state index contributed by atoms with van der Waals surface area (Å²) >= 11 is 0. The molecule has 1 fully saturated rings. The maximum Gasteiger partial charge on any atom is 0.246 e. The second-order valence-electron chi connectivity index (χ2n) is 4.32. The average molecular weight is 274 g/mol. The van der Waals surface area contributed by atoms with Crippen molar-refractivity contribution in [3.05, 3.63) is 12.4 Å². The van der Waals surface area contributed by atoms with Crippen molar-refractivity contribution < 1.29 is 13.5 Å². The number of rotatable bonds is 4. The highest BCUT2D eigenvalue weighted by molar-refractivity contribution is 7.89. The normalized spacial score (nSPS) is 19.2. The molecule has 0 atom stereocenters. The predicted molar refractivity (Wildman–Crippen MR) is 65.5 cm³/mol. The molecule has 102 valence electrons. The molecule has 0 spiro atoms. The number of aromatic nitrogens is 2. The lowest BCUT2D eigenvalue weighted by Crippen LogP contribution is -2.49. The first-order valence-electron chi connectivity index (χ1n) is 5.86. The maximum atomic E-state index is 12.3. The van der Waals surface area contributed by atoms with Crippen LogP contribution in [0.25, 0.3) is 0 Å². The van der Waals surface area contributed by atoms with Crippen molar-refractivity contribution in [1.29, 1.82) is 0 Å². The van der Waals surface area contributed by atoms with Gasteiger partial charge in [-0.05, 0) is 0 Å². The summed E-state index contributed by atoms with van der Waals surface area (Å²) in [5, 5.41) is 12.7. The molecular formula is C10H18N4O3S. The van der Waals surface area contributed by atoms with E-state index in [9.17, 15) is 8.42 Å². The SMILES string of the molecule is Cn1cc(S(=O)(=O)N2CCN(CCO)CC2)cn1. The number of aryl methyl sites for hydroxylation is 1. The highest BCUT2D eigenvalue weighted by Crippen LogP contribution is 2.16. The van der Waals surface area contributed by atoms with Gasteiger partial charge >= 0.3 is 0 Å². The first kappa shape index (κ1) is 13.5. The van der Waals surface area contributed by atoms with Crippen LogP contribution in [-0.2, 0) is 17.1 Å². The molecule has 2 rings (SSSR count). The topological polar surface area (TPSA) is 78.7 Å². The Labute approximate surface area is 107 Å².